The van der Waals surface area contributed by atoms with E-state index < -0.39 is 7.38 Å². The Kier molecular flexibility index (Phi) is 4.11. The lowest BCUT2D eigenvalue weighted by Crippen LogP contribution is -2.18. The van der Waals surface area contributed by atoms with Gasteiger partial charge in [0.1, 0.15) is 0 Å². The lowest BCUT2D eigenvalue weighted by molar-refractivity contribution is 0.349. The lowest BCUT2D eigenvalue weighted by Gasteiger charge is -2.23. The average molecular weight is 205 g/mol. The van der Waals surface area contributed by atoms with Gasteiger partial charge in [0.2, 0.25) is 0 Å². The first-order chi connectivity index (χ1) is 5.58. The highest BCUT2D eigenvalue weighted by Gasteiger charge is 2.20. The molecule has 0 radical (unpaired) electrons. The Morgan fingerprint density at radius 1 is 1.17 bits per heavy atom. The van der Waals surface area contributed by atoms with E-state index in [1.54, 1.807) is 0 Å². The maximum Gasteiger partial charge on any atom is 0.150 e. The zero-order valence-corrected chi connectivity index (χ0v) is 10.2. The zero-order chi connectivity index (χ0) is 9.03. The standard InChI is InChI=1S/C10H21ClSi/c1-12(2,11)9-8-10-6-4-3-5-7-10/h10H,3-9H2,1-2H3. The number of rotatable bonds is 3. The second kappa shape index (κ2) is 4.66. The van der Waals surface area contributed by atoms with Crippen LogP contribution in [0.4, 0.5) is 0 Å². The molecule has 0 aromatic rings. The summed E-state index contributed by atoms with van der Waals surface area (Å²) in [6.07, 6.45) is 8.76. The van der Waals surface area contributed by atoms with Crippen LogP contribution < -0.4 is 0 Å². The van der Waals surface area contributed by atoms with Gasteiger partial charge in [0, 0.05) is 0 Å². The maximum atomic E-state index is 6.29. The van der Waals surface area contributed by atoms with Gasteiger partial charge in [-0.25, -0.2) is 0 Å². The van der Waals surface area contributed by atoms with Crippen molar-refractivity contribution in [3.8, 4) is 0 Å². The molecule has 1 rings (SSSR count). The van der Waals surface area contributed by atoms with Crippen LogP contribution in [0.5, 0.6) is 0 Å². The minimum atomic E-state index is -1.27. The van der Waals surface area contributed by atoms with Crippen molar-refractivity contribution < 1.29 is 0 Å². The molecule has 1 aliphatic carbocycles. The van der Waals surface area contributed by atoms with Crippen LogP contribution in [-0.2, 0) is 0 Å². The molecule has 2 heteroatoms. The number of halogens is 1. The molecule has 12 heavy (non-hydrogen) atoms. The van der Waals surface area contributed by atoms with Crippen molar-refractivity contribution >= 4 is 18.5 Å². The Morgan fingerprint density at radius 2 is 1.75 bits per heavy atom. The molecule has 0 aliphatic heterocycles. The summed E-state index contributed by atoms with van der Waals surface area (Å²) in [6, 6.07) is 1.32. The molecule has 0 bridgehead atoms. The fraction of sp³-hybridized carbons (Fsp3) is 1.00. The summed E-state index contributed by atoms with van der Waals surface area (Å²) >= 11 is 6.29. The molecular formula is C10H21ClSi. The molecule has 0 unspecified atom stereocenters. The van der Waals surface area contributed by atoms with Crippen LogP contribution in [0.15, 0.2) is 0 Å². The van der Waals surface area contributed by atoms with E-state index in [1.165, 1.54) is 44.6 Å². The molecule has 0 saturated heterocycles. The van der Waals surface area contributed by atoms with Gasteiger partial charge >= 0.3 is 0 Å². The van der Waals surface area contributed by atoms with Crippen molar-refractivity contribution in [3.63, 3.8) is 0 Å². The van der Waals surface area contributed by atoms with Crippen LogP contribution in [-0.4, -0.2) is 7.38 Å². The van der Waals surface area contributed by atoms with Crippen LogP contribution in [0, 0.1) is 5.92 Å². The van der Waals surface area contributed by atoms with E-state index in [0.29, 0.717) is 0 Å². The monoisotopic (exact) mass is 204 g/mol. The van der Waals surface area contributed by atoms with Gasteiger partial charge in [-0.1, -0.05) is 51.6 Å². The van der Waals surface area contributed by atoms with Crippen molar-refractivity contribution in [1.29, 1.82) is 0 Å². The Bertz CT molecular complexity index is 122. The Morgan fingerprint density at radius 3 is 2.25 bits per heavy atom. The van der Waals surface area contributed by atoms with Crippen molar-refractivity contribution in [2.75, 3.05) is 0 Å². The molecular weight excluding hydrogens is 184 g/mol. The summed E-state index contributed by atoms with van der Waals surface area (Å²) in [7, 11) is -1.27. The highest BCUT2D eigenvalue weighted by Crippen LogP contribution is 2.30. The molecule has 0 amide bonds. The molecule has 0 aromatic heterocycles. The smallest absolute Gasteiger partial charge is 0.150 e. The molecule has 0 heterocycles. The van der Waals surface area contributed by atoms with Gasteiger partial charge in [-0.2, -0.15) is 11.1 Å². The highest BCUT2D eigenvalue weighted by molar-refractivity contribution is 7.19. The molecule has 0 N–H and O–H groups in total. The molecule has 0 nitrogen and oxygen atoms in total. The summed E-state index contributed by atoms with van der Waals surface area (Å²) < 4.78 is 0. The van der Waals surface area contributed by atoms with E-state index in [4.69, 9.17) is 11.1 Å². The third-order valence-corrected chi connectivity index (χ3v) is 4.92. The second-order valence-electron chi connectivity index (χ2n) is 4.76. The number of hydrogen-bond acceptors (Lipinski definition) is 0. The molecule has 0 atom stereocenters. The van der Waals surface area contributed by atoms with Gasteiger partial charge < -0.3 is 0 Å². The summed E-state index contributed by atoms with van der Waals surface area (Å²) in [4.78, 5) is 0. The SMILES string of the molecule is C[Si](C)(Cl)CCC1CCCCC1. The number of hydrogen-bond donors (Lipinski definition) is 0. The minimum absolute atomic E-state index is 1.02. The van der Waals surface area contributed by atoms with E-state index in [2.05, 4.69) is 13.1 Å². The van der Waals surface area contributed by atoms with E-state index in [9.17, 15) is 0 Å². The van der Waals surface area contributed by atoms with Gasteiger partial charge in [-0.05, 0) is 12.0 Å². The van der Waals surface area contributed by atoms with Crippen LogP contribution in [0.3, 0.4) is 0 Å². The van der Waals surface area contributed by atoms with Gasteiger partial charge in [-0.3, -0.25) is 0 Å². The van der Waals surface area contributed by atoms with Crippen molar-refractivity contribution in [3.05, 3.63) is 0 Å². The first kappa shape index (κ1) is 10.6. The van der Waals surface area contributed by atoms with Gasteiger partial charge in [0.15, 0.2) is 7.38 Å². The third-order valence-electron chi connectivity index (χ3n) is 2.87. The molecule has 1 fully saturated rings. The topological polar surface area (TPSA) is 0 Å². The summed E-state index contributed by atoms with van der Waals surface area (Å²) in [6.45, 7) is 4.52. The Balaban J connectivity index is 2.13. The third kappa shape index (κ3) is 4.51. The molecule has 1 saturated carbocycles. The van der Waals surface area contributed by atoms with Crippen molar-refractivity contribution in [2.24, 2.45) is 5.92 Å². The zero-order valence-electron chi connectivity index (χ0n) is 8.41. The maximum absolute atomic E-state index is 6.29. The Hall–Kier alpha value is 0.507. The Labute approximate surface area is 82.4 Å². The summed E-state index contributed by atoms with van der Waals surface area (Å²) in [5, 5.41) is 0. The quantitative estimate of drug-likeness (QED) is 0.472. The predicted octanol–water partition coefficient (Wildman–Crippen LogP) is 4.40. The first-order valence-electron chi connectivity index (χ1n) is 5.27. The van der Waals surface area contributed by atoms with E-state index in [1.807, 2.05) is 0 Å². The second-order valence-corrected chi connectivity index (χ2v) is 11.8. The van der Waals surface area contributed by atoms with E-state index in [0.717, 1.165) is 5.92 Å². The van der Waals surface area contributed by atoms with Crippen LogP contribution >= 0.6 is 11.1 Å². The van der Waals surface area contributed by atoms with E-state index in [-0.39, 0.29) is 0 Å². The lowest BCUT2D eigenvalue weighted by atomic mass is 9.88. The normalized spacial score (nSPS) is 21.2. The van der Waals surface area contributed by atoms with Crippen LogP contribution in [0.2, 0.25) is 19.1 Å². The molecule has 1 aliphatic rings. The van der Waals surface area contributed by atoms with E-state index >= 15 is 0 Å². The summed E-state index contributed by atoms with van der Waals surface area (Å²) in [5.74, 6) is 1.02. The fourth-order valence-corrected chi connectivity index (χ4v) is 3.45. The van der Waals surface area contributed by atoms with Crippen LogP contribution in [0.1, 0.15) is 38.5 Å². The first-order valence-corrected chi connectivity index (χ1v) is 9.49. The van der Waals surface area contributed by atoms with Gasteiger partial charge in [-0.15, -0.1) is 0 Å². The molecule has 0 spiro atoms. The fourth-order valence-electron chi connectivity index (χ4n) is 2.02. The predicted molar refractivity (Wildman–Crippen MR) is 59.3 cm³/mol. The van der Waals surface area contributed by atoms with Gasteiger partial charge in [0.05, 0.1) is 0 Å². The van der Waals surface area contributed by atoms with Crippen molar-refractivity contribution in [2.45, 2.75) is 57.7 Å². The largest absolute Gasteiger partial charge is 0.168 e. The highest BCUT2D eigenvalue weighted by atomic mass is 35.6. The van der Waals surface area contributed by atoms with Gasteiger partial charge in [0.25, 0.3) is 0 Å². The van der Waals surface area contributed by atoms with Crippen LogP contribution in [0.25, 0.3) is 0 Å². The summed E-state index contributed by atoms with van der Waals surface area (Å²) in [5.41, 5.74) is 0. The minimum Gasteiger partial charge on any atom is -0.168 e. The molecule has 0 aromatic carbocycles. The average Bonchev–Trinajstić information content (AvgIpc) is 2.02. The van der Waals surface area contributed by atoms with Crippen molar-refractivity contribution in [1.82, 2.24) is 0 Å². The molecule has 72 valence electrons.